The number of piperidine rings is 1. The summed E-state index contributed by atoms with van der Waals surface area (Å²) in [5.41, 5.74) is 0. The average molecular weight is 394 g/mol. The third kappa shape index (κ3) is 3.94. The Hall–Kier alpha value is -0.670. The van der Waals surface area contributed by atoms with Crippen molar-refractivity contribution in [1.29, 1.82) is 0 Å². The molecule has 0 saturated carbocycles. The number of hydrogen-bond donors (Lipinski definition) is 2. The number of hydrogen-bond acceptors (Lipinski definition) is 5. The van der Waals surface area contributed by atoms with Gasteiger partial charge in [-0.1, -0.05) is 6.92 Å². The number of nitrogens with zero attached hydrogens (tertiary/aromatic N) is 1. The monoisotopic (exact) mass is 393 g/mol. The molecule has 1 aromatic heterocycles. The Morgan fingerprint density at radius 1 is 1.38 bits per heavy atom. The molecule has 9 heteroatoms. The van der Waals surface area contributed by atoms with Gasteiger partial charge in [0.1, 0.15) is 9.77 Å². The van der Waals surface area contributed by atoms with Crippen molar-refractivity contribution in [1.82, 2.24) is 14.9 Å². The van der Waals surface area contributed by atoms with Crippen molar-refractivity contribution in [2.75, 3.05) is 26.2 Å². The molecule has 3 heterocycles. The van der Waals surface area contributed by atoms with E-state index in [4.69, 9.17) is 0 Å². The predicted octanol–water partition coefficient (Wildman–Crippen LogP) is 1.68. The van der Waals surface area contributed by atoms with Gasteiger partial charge in [0.25, 0.3) is 5.91 Å². The lowest BCUT2D eigenvalue weighted by Gasteiger charge is -2.30. The second-order valence-corrected chi connectivity index (χ2v) is 9.10. The molecule has 0 radical (unpaired) electrons. The van der Waals surface area contributed by atoms with Crippen LogP contribution in [0.4, 0.5) is 0 Å². The summed E-state index contributed by atoms with van der Waals surface area (Å²) < 4.78 is 26.9. The number of thiophene rings is 1. The second kappa shape index (κ2) is 8.14. The van der Waals surface area contributed by atoms with Gasteiger partial charge in [0.05, 0.1) is 0 Å². The molecule has 0 aromatic carbocycles. The Labute approximate surface area is 153 Å². The molecule has 2 atom stereocenters. The van der Waals surface area contributed by atoms with Gasteiger partial charge < -0.3 is 10.6 Å². The molecule has 0 bridgehead atoms. The third-order valence-corrected chi connectivity index (χ3v) is 7.60. The van der Waals surface area contributed by atoms with Crippen LogP contribution in [0.5, 0.6) is 0 Å². The molecule has 136 valence electrons. The Morgan fingerprint density at radius 2 is 2.08 bits per heavy atom. The number of rotatable bonds is 4. The molecule has 1 amide bonds. The van der Waals surface area contributed by atoms with Crippen LogP contribution in [-0.4, -0.2) is 50.9 Å². The van der Waals surface area contributed by atoms with Gasteiger partial charge in [-0.3, -0.25) is 4.79 Å². The minimum Gasteiger partial charge on any atom is -0.348 e. The summed E-state index contributed by atoms with van der Waals surface area (Å²) in [4.78, 5) is 13.1. The topological polar surface area (TPSA) is 78.5 Å². The Bertz CT molecular complexity index is 671. The van der Waals surface area contributed by atoms with Gasteiger partial charge in [-0.2, -0.15) is 4.31 Å². The summed E-state index contributed by atoms with van der Waals surface area (Å²) in [5, 5.41) is 8.00. The largest absolute Gasteiger partial charge is 0.348 e. The highest BCUT2D eigenvalue weighted by Gasteiger charge is 2.33. The summed E-state index contributed by atoms with van der Waals surface area (Å²) in [5.74, 6) is 0.0721. The van der Waals surface area contributed by atoms with Gasteiger partial charge in [0.15, 0.2) is 0 Å². The molecule has 2 unspecified atom stereocenters. The van der Waals surface area contributed by atoms with Crippen molar-refractivity contribution < 1.29 is 13.2 Å². The quantitative estimate of drug-likeness (QED) is 0.815. The van der Waals surface area contributed by atoms with Crippen LogP contribution in [0, 0.1) is 5.92 Å². The van der Waals surface area contributed by atoms with Crippen LogP contribution in [0.2, 0.25) is 0 Å². The van der Waals surface area contributed by atoms with Gasteiger partial charge >= 0.3 is 0 Å². The molecule has 0 spiro atoms. The molecule has 2 fully saturated rings. The van der Waals surface area contributed by atoms with E-state index in [-0.39, 0.29) is 29.3 Å². The minimum absolute atomic E-state index is 0. The van der Waals surface area contributed by atoms with E-state index in [0.717, 1.165) is 32.4 Å². The SMILES string of the molecule is CC1CNCCC1NC(=O)c1sccc1S(=O)(=O)N1CCCC1.Cl. The van der Waals surface area contributed by atoms with E-state index < -0.39 is 10.0 Å². The lowest BCUT2D eigenvalue weighted by atomic mass is 9.95. The molecule has 2 aliphatic heterocycles. The van der Waals surface area contributed by atoms with Gasteiger partial charge in [-0.05, 0) is 49.7 Å². The Morgan fingerprint density at radius 3 is 2.75 bits per heavy atom. The van der Waals surface area contributed by atoms with E-state index >= 15 is 0 Å². The van der Waals surface area contributed by atoms with Crippen LogP contribution in [0.15, 0.2) is 16.3 Å². The normalized spacial score (nSPS) is 25.2. The van der Waals surface area contributed by atoms with E-state index in [9.17, 15) is 13.2 Å². The fourth-order valence-corrected chi connectivity index (χ4v) is 6.02. The maximum absolute atomic E-state index is 12.7. The summed E-state index contributed by atoms with van der Waals surface area (Å²) in [6, 6.07) is 1.65. The van der Waals surface area contributed by atoms with Gasteiger partial charge in [-0.15, -0.1) is 23.7 Å². The first-order chi connectivity index (χ1) is 11.0. The van der Waals surface area contributed by atoms with Crippen LogP contribution >= 0.6 is 23.7 Å². The van der Waals surface area contributed by atoms with Crippen molar-refractivity contribution in [3.63, 3.8) is 0 Å². The zero-order valence-corrected chi connectivity index (χ0v) is 16.1. The molecule has 24 heavy (non-hydrogen) atoms. The number of sulfonamides is 1. The standard InChI is InChI=1S/C15H23N3O3S2.ClH/c1-11-10-16-6-4-12(11)17-15(19)14-13(5-9-22-14)23(20,21)18-7-2-3-8-18;/h5,9,11-12,16H,2-4,6-8,10H2,1H3,(H,17,19);1H. The molecular weight excluding hydrogens is 370 g/mol. The zero-order chi connectivity index (χ0) is 16.4. The number of nitrogens with one attached hydrogen (secondary N) is 2. The Balaban J connectivity index is 0.00000208. The maximum atomic E-state index is 12.7. The average Bonchev–Trinajstić information content (AvgIpc) is 3.21. The molecule has 3 rings (SSSR count). The highest BCUT2D eigenvalue weighted by molar-refractivity contribution is 7.89. The smallest absolute Gasteiger partial charge is 0.262 e. The number of carbonyl (C=O) groups excluding carboxylic acids is 1. The van der Waals surface area contributed by atoms with Crippen molar-refractivity contribution in [2.45, 2.75) is 37.1 Å². The number of halogens is 1. The minimum atomic E-state index is -3.55. The summed E-state index contributed by atoms with van der Waals surface area (Å²) in [7, 11) is -3.55. The molecule has 2 aliphatic rings. The number of carbonyl (C=O) groups is 1. The highest BCUT2D eigenvalue weighted by atomic mass is 35.5. The van der Waals surface area contributed by atoms with Crippen LogP contribution in [0.3, 0.4) is 0 Å². The summed E-state index contributed by atoms with van der Waals surface area (Å²) in [6.45, 7) is 4.93. The summed E-state index contributed by atoms with van der Waals surface area (Å²) >= 11 is 1.20. The molecule has 0 aliphatic carbocycles. The zero-order valence-electron chi connectivity index (χ0n) is 13.7. The van der Waals surface area contributed by atoms with Crippen LogP contribution in [0.1, 0.15) is 35.9 Å². The van der Waals surface area contributed by atoms with E-state index in [1.165, 1.54) is 15.6 Å². The van der Waals surface area contributed by atoms with Gasteiger partial charge in [0.2, 0.25) is 10.0 Å². The Kier molecular flexibility index (Phi) is 6.66. The predicted molar refractivity (Wildman–Crippen MR) is 97.5 cm³/mol. The maximum Gasteiger partial charge on any atom is 0.262 e. The fraction of sp³-hybridized carbons (Fsp3) is 0.667. The fourth-order valence-electron chi connectivity index (χ4n) is 3.20. The van der Waals surface area contributed by atoms with E-state index in [0.29, 0.717) is 23.9 Å². The highest BCUT2D eigenvalue weighted by Crippen LogP contribution is 2.28. The molecule has 2 saturated heterocycles. The third-order valence-electron chi connectivity index (χ3n) is 4.62. The van der Waals surface area contributed by atoms with Gasteiger partial charge in [0, 0.05) is 19.1 Å². The van der Waals surface area contributed by atoms with E-state index in [2.05, 4.69) is 17.6 Å². The van der Waals surface area contributed by atoms with E-state index in [1.54, 1.807) is 11.4 Å². The van der Waals surface area contributed by atoms with Crippen LogP contribution in [-0.2, 0) is 10.0 Å². The first kappa shape index (κ1) is 19.7. The molecular formula is C15H24ClN3O3S2. The number of amides is 1. The first-order valence-corrected chi connectivity index (χ1v) is 10.4. The van der Waals surface area contributed by atoms with Gasteiger partial charge in [-0.25, -0.2) is 8.42 Å². The van der Waals surface area contributed by atoms with Crippen molar-refractivity contribution in [2.24, 2.45) is 5.92 Å². The lowest BCUT2D eigenvalue weighted by molar-refractivity contribution is 0.0915. The van der Waals surface area contributed by atoms with Crippen molar-refractivity contribution in [3.8, 4) is 0 Å². The first-order valence-electron chi connectivity index (χ1n) is 8.09. The molecule has 6 nitrogen and oxygen atoms in total. The van der Waals surface area contributed by atoms with Crippen molar-refractivity contribution >= 4 is 39.7 Å². The summed E-state index contributed by atoms with van der Waals surface area (Å²) in [6.07, 6.45) is 2.64. The van der Waals surface area contributed by atoms with Crippen LogP contribution < -0.4 is 10.6 Å². The molecule has 2 N–H and O–H groups in total. The van der Waals surface area contributed by atoms with Crippen molar-refractivity contribution in [3.05, 3.63) is 16.3 Å². The lowest BCUT2D eigenvalue weighted by Crippen LogP contribution is -2.48. The molecule has 1 aromatic rings. The second-order valence-electron chi connectivity index (χ2n) is 6.28. The van der Waals surface area contributed by atoms with Crippen LogP contribution in [0.25, 0.3) is 0 Å². The van der Waals surface area contributed by atoms with E-state index in [1.807, 2.05) is 0 Å².